The number of benzene rings is 3. The number of nitrogens with one attached hydrogen (secondary N) is 1. The molecule has 0 aliphatic carbocycles. The van der Waals surface area contributed by atoms with Gasteiger partial charge in [0.1, 0.15) is 6.23 Å². The number of aliphatic hydroxyl groups is 1. The molecule has 0 fully saturated rings. The molecule has 0 radical (unpaired) electrons. The first kappa shape index (κ1) is 32.9. The molecule has 0 saturated carbocycles. The summed E-state index contributed by atoms with van der Waals surface area (Å²) in [7, 11) is 0. The molecule has 0 aromatic heterocycles. The Morgan fingerprint density at radius 1 is 0.930 bits per heavy atom. The highest BCUT2D eigenvalue weighted by Crippen LogP contribution is 2.31. The van der Waals surface area contributed by atoms with Crippen LogP contribution >= 0.6 is 0 Å². The zero-order valence-electron chi connectivity index (χ0n) is 24.2. The maximum absolute atomic E-state index is 13.7. The molecule has 2 atom stereocenters. The number of aliphatic hydroxyl groups excluding tert-OH is 1. The lowest BCUT2D eigenvalue weighted by Gasteiger charge is -2.34. The van der Waals surface area contributed by atoms with Gasteiger partial charge in [-0.05, 0) is 62.7 Å². The second kappa shape index (κ2) is 14.5. The van der Waals surface area contributed by atoms with Gasteiger partial charge in [-0.15, -0.1) is 0 Å². The van der Waals surface area contributed by atoms with E-state index in [9.17, 15) is 27.9 Å². The number of nitrogens with zero attached hydrogens (tertiary/aromatic N) is 3. The first-order valence-corrected chi connectivity index (χ1v) is 13.7. The summed E-state index contributed by atoms with van der Waals surface area (Å²) >= 11 is 0. The van der Waals surface area contributed by atoms with Crippen LogP contribution in [-0.2, 0) is 15.8 Å². The SMILES string of the molecule is CC(CC(=N)c1ccccc1N)C(O)N(/C=C\N(C=O)c1ccccc1)CC(=O)N(c1ccc(C(F)(F)F)cc1)C(C)C. The Morgan fingerprint density at radius 3 is 2.09 bits per heavy atom. The predicted octanol–water partition coefficient (Wildman–Crippen LogP) is 5.88. The molecular weight excluding hydrogens is 559 g/mol. The Morgan fingerprint density at radius 2 is 1.53 bits per heavy atom. The van der Waals surface area contributed by atoms with Crippen molar-refractivity contribution in [3.05, 3.63) is 102 Å². The van der Waals surface area contributed by atoms with E-state index in [1.54, 1.807) is 75.4 Å². The minimum atomic E-state index is -4.52. The molecule has 0 aliphatic heterocycles. The van der Waals surface area contributed by atoms with Crippen molar-refractivity contribution in [2.24, 2.45) is 5.92 Å². The van der Waals surface area contributed by atoms with Crippen LogP contribution in [0.2, 0.25) is 0 Å². The van der Waals surface area contributed by atoms with E-state index < -0.39 is 35.8 Å². The van der Waals surface area contributed by atoms with Gasteiger partial charge >= 0.3 is 6.18 Å². The molecule has 3 aromatic rings. The molecule has 2 unspecified atom stereocenters. The summed E-state index contributed by atoms with van der Waals surface area (Å²) in [5.41, 5.74) is 7.16. The highest BCUT2D eigenvalue weighted by Gasteiger charge is 2.31. The summed E-state index contributed by atoms with van der Waals surface area (Å²) < 4.78 is 39.4. The second-order valence-corrected chi connectivity index (χ2v) is 10.4. The van der Waals surface area contributed by atoms with Gasteiger partial charge in [0.25, 0.3) is 0 Å². The normalized spacial score (nSPS) is 13.0. The maximum atomic E-state index is 13.7. The minimum absolute atomic E-state index is 0.122. The summed E-state index contributed by atoms with van der Waals surface area (Å²) in [6, 6.07) is 19.5. The highest BCUT2D eigenvalue weighted by molar-refractivity contribution is 6.02. The third-order valence-electron chi connectivity index (χ3n) is 6.82. The Labute approximate surface area is 249 Å². The van der Waals surface area contributed by atoms with Gasteiger partial charge in [-0.1, -0.05) is 43.3 Å². The summed E-state index contributed by atoms with van der Waals surface area (Å²) in [5.74, 6) is -1.06. The third-order valence-corrected chi connectivity index (χ3v) is 6.82. The van der Waals surface area contributed by atoms with Crippen molar-refractivity contribution in [1.29, 1.82) is 5.41 Å². The Kier molecular flexibility index (Phi) is 11.1. The van der Waals surface area contributed by atoms with Gasteiger partial charge in [-0.3, -0.25) is 14.5 Å². The van der Waals surface area contributed by atoms with Crippen molar-refractivity contribution in [2.75, 3.05) is 22.1 Å². The molecule has 0 aliphatic rings. The van der Waals surface area contributed by atoms with E-state index in [-0.39, 0.29) is 24.4 Å². The van der Waals surface area contributed by atoms with Crippen LogP contribution in [0.3, 0.4) is 0 Å². The summed E-state index contributed by atoms with van der Waals surface area (Å²) in [4.78, 5) is 29.5. The number of carbonyl (C=O) groups excluding carboxylic acids is 2. The fraction of sp³-hybridized carbons (Fsp3) is 0.281. The molecular formula is C32H36F3N5O3. The molecule has 0 spiro atoms. The minimum Gasteiger partial charge on any atom is -0.398 e. The van der Waals surface area contributed by atoms with Crippen molar-refractivity contribution in [3.8, 4) is 0 Å². The van der Waals surface area contributed by atoms with Crippen molar-refractivity contribution >= 4 is 35.1 Å². The molecule has 2 amide bonds. The number of hydrogen-bond donors (Lipinski definition) is 3. The lowest BCUT2D eigenvalue weighted by molar-refractivity contribution is -0.137. The Bertz CT molecular complexity index is 1410. The van der Waals surface area contributed by atoms with E-state index in [0.717, 1.165) is 12.1 Å². The van der Waals surface area contributed by atoms with E-state index in [1.807, 2.05) is 0 Å². The maximum Gasteiger partial charge on any atom is 0.416 e. The van der Waals surface area contributed by atoms with Crippen LogP contribution < -0.4 is 15.5 Å². The number of halogens is 3. The fourth-order valence-electron chi connectivity index (χ4n) is 4.58. The van der Waals surface area contributed by atoms with E-state index in [4.69, 9.17) is 11.1 Å². The van der Waals surface area contributed by atoms with E-state index >= 15 is 0 Å². The fourth-order valence-corrected chi connectivity index (χ4v) is 4.58. The molecule has 3 rings (SSSR count). The van der Waals surface area contributed by atoms with Crippen molar-refractivity contribution in [2.45, 2.75) is 45.6 Å². The number of anilines is 3. The van der Waals surface area contributed by atoms with Gasteiger partial charge in [0.2, 0.25) is 12.3 Å². The number of nitrogens with two attached hydrogens (primary N) is 1. The standard InChI is InChI=1S/C32H36F3N5O3/c1-22(2)40(26-15-13-24(14-16-26)32(33,34)35)30(42)20-38(17-18-39(21-41)25-9-5-4-6-10-25)31(43)23(3)19-29(37)27-11-7-8-12-28(27)36/h4-18,21-23,31,37,43H,19-20,36H2,1-3H3/b18-17-,37-29?. The summed E-state index contributed by atoms with van der Waals surface area (Å²) in [5, 5.41) is 20.0. The zero-order valence-corrected chi connectivity index (χ0v) is 24.2. The van der Waals surface area contributed by atoms with Gasteiger partial charge in [0.15, 0.2) is 0 Å². The number of amides is 2. The van der Waals surface area contributed by atoms with Gasteiger partial charge in [-0.25, -0.2) is 0 Å². The molecule has 3 aromatic carbocycles. The molecule has 4 N–H and O–H groups in total. The zero-order chi connectivity index (χ0) is 31.7. The molecule has 0 bridgehead atoms. The van der Waals surface area contributed by atoms with E-state index in [1.165, 1.54) is 39.2 Å². The lowest BCUT2D eigenvalue weighted by Crippen LogP contribution is -2.47. The van der Waals surface area contributed by atoms with Crippen LogP contribution in [0.1, 0.15) is 38.3 Å². The number of para-hydroxylation sites is 2. The molecule has 8 nitrogen and oxygen atoms in total. The Hall–Kier alpha value is -4.64. The van der Waals surface area contributed by atoms with Crippen molar-refractivity contribution in [1.82, 2.24) is 4.90 Å². The van der Waals surface area contributed by atoms with Crippen molar-refractivity contribution < 1.29 is 27.9 Å². The van der Waals surface area contributed by atoms with Crippen LogP contribution in [0.4, 0.5) is 30.2 Å². The van der Waals surface area contributed by atoms with Crippen LogP contribution in [0.15, 0.2) is 91.3 Å². The summed E-state index contributed by atoms with van der Waals surface area (Å²) in [6.45, 7) is 4.80. The largest absolute Gasteiger partial charge is 0.416 e. The molecule has 0 heterocycles. The van der Waals surface area contributed by atoms with E-state index in [2.05, 4.69) is 0 Å². The monoisotopic (exact) mass is 595 g/mol. The molecule has 43 heavy (non-hydrogen) atoms. The number of nitrogen functional groups attached to an aromatic ring is 1. The number of alkyl halides is 3. The topological polar surface area (TPSA) is 114 Å². The van der Waals surface area contributed by atoms with Crippen molar-refractivity contribution in [3.63, 3.8) is 0 Å². The quantitative estimate of drug-likeness (QED) is 0.0989. The van der Waals surface area contributed by atoms with Crippen LogP contribution in [0.5, 0.6) is 0 Å². The average molecular weight is 596 g/mol. The molecule has 0 saturated heterocycles. The summed E-state index contributed by atoms with van der Waals surface area (Å²) in [6.07, 6.45) is -2.28. The van der Waals surface area contributed by atoms with Crippen LogP contribution in [0, 0.1) is 11.3 Å². The predicted molar refractivity (Wildman–Crippen MR) is 162 cm³/mol. The molecule has 228 valence electrons. The van der Waals surface area contributed by atoms with Gasteiger partial charge in [0.05, 0.1) is 12.1 Å². The highest BCUT2D eigenvalue weighted by atomic mass is 19.4. The smallest absolute Gasteiger partial charge is 0.398 e. The van der Waals surface area contributed by atoms with Gasteiger partial charge < -0.3 is 26.0 Å². The van der Waals surface area contributed by atoms with Crippen LogP contribution in [-0.4, -0.2) is 46.8 Å². The number of rotatable bonds is 13. The van der Waals surface area contributed by atoms with E-state index in [0.29, 0.717) is 23.3 Å². The number of hydrogen-bond acceptors (Lipinski definition) is 6. The average Bonchev–Trinajstić information content (AvgIpc) is 2.97. The third kappa shape index (κ3) is 8.68. The lowest BCUT2D eigenvalue weighted by atomic mass is 9.96. The Balaban J connectivity index is 1.90. The van der Waals surface area contributed by atoms with Gasteiger partial charge in [0, 0.05) is 52.7 Å². The molecule has 11 heteroatoms. The van der Waals surface area contributed by atoms with Crippen LogP contribution in [0.25, 0.3) is 0 Å². The number of carbonyl (C=O) groups is 2. The second-order valence-electron chi connectivity index (χ2n) is 10.4. The van der Waals surface area contributed by atoms with Gasteiger partial charge in [-0.2, -0.15) is 13.2 Å². The first-order chi connectivity index (χ1) is 20.3. The first-order valence-electron chi connectivity index (χ1n) is 13.7.